The number of ether oxygens (including phenoxy) is 1. The lowest BCUT2D eigenvalue weighted by atomic mass is 9.92. The Morgan fingerprint density at radius 2 is 1.82 bits per heavy atom. The zero-order valence-electron chi connectivity index (χ0n) is 12.7. The van der Waals surface area contributed by atoms with Gasteiger partial charge in [0.2, 0.25) is 0 Å². The summed E-state index contributed by atoms with van der Waals surface area (Å²) in [5, 5.41) is 10.3. The highest BCUT2D eigenvalue weighted by Gasteiger charge is 2.25. The summed E-state index contributed by atoms with van der Waals surface area (Å²) >= 11 is 0. The van der Waals surface area contributed by atoms with E-state index in [1.807, 2.05) is 42.5 Å². The SMILES string of the molecule is N[C@H](c1ccc(OCc2ccccc2)cc1O)C1CCCC1. The summed E-state index contributed by atoms with van der Waals surface area (Å²) in [6, 6.07) is 15.4. The van der Waals surface area contributed by atoms with Crippen molar-refractivity contribution in [3.8, 4) is 11.5 Å². The summed E-state index contributed by atoms with van der Waals surface area (Å²) in [4.78, 5) is 0. The standard InChI is InChI=1S/C19H23NO2/c20-19(15-8-4-5-9-15)17-11-10-16(12-18(17)21)22-13-14-6-2-1-3-7-14/h1-3,6-7,10-12,15,19,21H,4-5,8-9,13,20H2/t19-/m0/s1. The average Bonchev–Trinajstić information content (AvgIpc) is 3.08. The first-order valence-electron chi connectivity index (χ1n) is 7.99. The molecule has 3 N–H and O–H groups in total. The maximum absolute atomic E-state index is 10.3. The monoisotopic (exact) mass is 297 g/mol. The molecule has 1 aliphatic carbocycles. The first kappa shape index (κ1) is 14.9. The quantitative estimate of drug-likeness (QED) is 0.871. The molecule has 0 spiro atoms. The number of hydrogen-bond acceptors (Lipinski definition) is 3. The van der Waals surface area contributed by atoms with Crippen molar-refractivity contribution in [3.05, 3.63) is 59.7 Å². The molecule has 0 aromatic heterocycles. The first-order chi connectivity index (χ1) is 10.7. The molecule has 22 heavy (non-hydrogen) atoms. The van der Waals surface area contributed by atoms with Crippen molar-refractivity contribution < 1.29 is 9.84 Å². The van der Waals surface area contributed by atoms with Crippen molar-refractivity contribution in [2.45, 2.75) is 38.3 Å². The number of rotatable bonds is 5. The highest BCUT2D eigenvalue weighted by molar-refractivity contribution is 5.41. The Balaban J connectivity index is 1.66. The van der Waals surface area contributed by atoms with E-state index in [2.05, 4.69) is 0 Å². The summed E-state index contributed by atoms with van der Waals surface area (Å²) in [5.41, 5.74) is 8.25. The normalized spacial score (nSPS) is 16.6. The van der Waals surface area contributed by atoms with E-state index in [0.717, 1.165) is 24.0 Å². The van der Waals surface area contributed by atoms with Gasteiger partial charge in [0, 0.05) is 17.7 Å². The van der Waals surface area contributed by atoms with Gasteiger partial charge in [-0.25, -0.2) is 0 Å². The van der Waals surface area contributed by atoms with Gasteiger partial charge in [0.25, 0.3) is 0 Å². The van der Waals surface area contributed by atoms with Crippen LogP contribution in [-0.4, -0.2) is 5.11 Å². The zero-order valence-corrected chi connectivity index (χ0v) is 12.7. The van der Waals surface area contributed by atoms with Crippen LogP contribution in [0.2, 0.25) is 0 Å². The van der Waals surface area contributed by atoms with Crippen LogP contribution in [0.3, 0.4) is 0 Å². The lowest BCUT2D eigenvalue weighted by Gasteiger charge is -2.20. The summed E-state index contributed by atoms with van der Waals surface area (Å²) < 4.78 is 5.73. The van der Waals surface area contributed by atoms with Crippen molar-refractivity contribution in [3.63, 3.8) is 0 Å². The van der Waals surface area contributed by atoms with Gasteiger partial charge in [-0.15, -0.1) is 0 Å². The molecule has 3 nitrogen and oxygen atoms in total. The lowest BCUT2D eigenvalue weighted by molar-refractivity contribution is 0.303. The van der Waals surface area contributed by atoms with E-state index in [9.17, 15) is 5.11 Å². The third-order valence-corrected chi connectivity index (χ3v) is 4.52. The predicted octanol–water partition coefficient (Wildman–Crippen LogP) is 4.16. The van der Waals surface area contributed by atoms with Crippen LogP contribution in [0.5, 0.6) is 11.5 Å². The highest BCUT2D eigenvalue weighted by atomic mass is 16.5. The number of phenolic OH excluding ortho intramolecular Hbond substituents is 1. The average molecular weight is 297 g/mol. The van der Waals surface area contributed by atoms with Gasteiger partial charge in [-0.1, -0.05) is 49.2 Å². The highest BCUT2D eigenvalue weighted by Crippen LogP contribution is 2.38. The van der Waals surface area contributed by atoms with Crippen LogP contribution < -0.4 is 10.5 Å². The Morgan fingerprint density at radius 3 is 2.50 bits per heavy atom. The Bertz CT molecular complexity index is 606. The molecule has 0 bridgehead atoms. The summed E-state index contributed by atoms with van der Waals surface area (Å²) in [5.74, 6) is 1.40. The third kappa shape index (κ3) is 3.42. The number of aromatic hydroxyl groups is 1. The van der Waals surface area contributed by atoms with Crippen LogP contribution in [0.15, 0.2) is 48.5 Å². The smallest absolute Gasteiger partial charge is 0.124 e. The maximum Gasteiger partial charge on any atom is 0.124 e. The van der Waals surface area contributed by atoms with Gasteiger partial charge in [-0.3, -0.25) is 0 Å². The maximum atomic E-state index is 10.3. The molecule has 1 aliphatic rings. The molecule has 2 aromatic rings. The number of phenols is 1. The molecule has 116 valence electrons. The zero-order chi connectivity index (χ0) is 15.4. The van der Waals surface area contributed by atoms with E-state index < -0.39 is 0 Å². The topological polar surface area (TPSA) is 55.5 Å². The van der Waals surface area contributed by atoms with E-state index >= 15 is 0 Å². The second-order valence-corrected chi connectivity index (χ2v) is 6.07. The van der Waals surface area contributed by atoms with E-state index in [0.29, 0.717) is 18.3 Å². The van der Waals surface area contributed by atoms with Gasteiger partial charge in [0.15, 0.2) is 0 Å². The molecular formula is C19H23NO2. The van der Waals surface area contributed by atoms with Crippen molar-refractivity contribution >= 4 is 0 Å². The number of nitrogens with two attached hydrogens (primary N) is 1. The fraction of sp³-hybridized carbons (Fsp3) is 0.368. The minimum Gasteiger partial charge on any atom is -0.507 e. The largest absolute Gasteiger partial charge is 0.507 e. The van der Waals surface area contributed by atoms with E-state index in [4.69, 9.17) is 10.5 Å². The summed E-state index contributed by atoms with van der Waals surface area (Å²) in [7, 11) is 0. The Morgan fingerprint density at radius 1 is 1.09 bits per heavy atom. The van der Waals surface area contributed by atoms with Crippen molar-refractivity contribution in [2.75, 3.05) is 0 Å². The Hall–Kier alpha value is -2.00. The van der Waals surface area contributed by atoms with E-state index in [1.54, 1.807) is 6.07 Å². The molecule has 0 amide bonds. The third-order valence-electron chi connectivity index (χ3n) is 4.52. The van der Waals surface area contributed by atoms with Crippen LogP contribution >= 0.6 is 0 Å². The van der Waals surface area contributed by atoms with Gasteiger partial charge in [-0.05, 0) is 30.4 Å². The van der Waals surface area contributed by atoms with Crippen LogP contribution in [0.4, 0.5) is 0 Å². The molecule has 1 atom stereocenters. The molecule has 3 rings (SSSR count). The van der Waals surface area contributed by atoms with Gasteiger partial charge >= 0.3 is 0 Å². The summed E-state index contributed by atoms with van der Waals surface area (Å²) in [6.07, 6.45) is 4.81. The number of hydrogen-bond donors (Lipinski definition) is 2. The molecule has 0 saturated heterocycles. The first-order valence-corrected chi connectivity index (χ1v) is 7.99. The second-order valence-electron chi connectivity index (χ2n) is 6.07. The fourth-order valence-electron chi connectivity index (χ4n) is 3.21. The molecule has 0 radical (unpaired) electrons. The van der Waals surface area contributed by atoms with Gasteiger partial charge in [0.1, 0.15) is 18.1 Å². The Labute approximate surface area is 131 Å². The van der Waals surface area contributed by atoms with Crippen molar-refractivity contribution in [1.82, 2.24) is 0 Å². The van der Waals surface area contributed by atoms with Gasteiger partial charge < -0.3 is 15.6 Å². The minimum absolute atomic E-state index is 0.0781. The molecule has 3 heteroatoms. The predicted molar refractivity (Wildman–Crippen MR) is 87.8 cm³/mol. The van der Waals surface area contributed by atoms with Gasteiger partial charge in [-0.2, -0.15) is 0 Å². The van der Waals surface area contributed by atoms with Crippen LogP contribution in [-0.2, 0) is 6.61 Å². The number of benzene rings is 2. The molecule has 1 fully saturated rings. The summed E-state index contributed by atoms with van der Waals surface area (Å²) in [6.45, 7) is 0.494. The van der Waals surface area contributed by atoms with Crippen LogP contribution in [0, 0.1) is 5.92 Å². The Kier molecular flexibility index (Phi) is 4.64. The molecule has 2 aromatic carbocycles. The molecule has 0 aliphatic heterocycles. The molecule has 0 unspecified atom stereocenters. The van der Waals surface area contributed by atoms with Gasteiger partial charge in [0.05, 0.1) is 0 Å². The fourth-order valence-corrected chi connectivity index (χ4v) is 3.21. The molecule has 0 heterocycles. The lowest BCUT2D eigenvalue weighted by Crippen LogP contribution is -2.19. The van der Waals surface area contributed by atoms with Crippen LogP contribution in [0.25, 0.3) is 0 Å². The molecular weight excluding hydrogens is 274 g/mol. The van der Waals surface area contributed by atoms with E-state index in [1.165, 1.54) is 12.8 Å². The van der Waals surface area contributed by atoms with Crippen LogP contribution in [0.1, 0.15) is 42.9 Å². The van der Waals surface area contributed by atoms with E-state index in [-0.39, 0.29) is 11.8 Å². The molecule has 1 saturated carbocycles. The van der Waals surface area contributed by atoms with Crippen molar-refractivity contribution in [2.24, 2.45) is 11.7 Å². The minimum atomic E-state index is -0.0781. The van der Waals surface area contributed by atoms with Crippen molar-refractivity contribution in [1.29, 1.82) is 0 Å². The second kappa shape index (κ2) is 6.84.